The van der Waals surface area contributed by atoms with Crippen LogP contribution in [0.2, 0.25) is 0 Å². The van der Waals surface area contributed by atoms with Crippen LogP contribution in [0.3, 0.4) is 0 Å². The van der Waals surface area contributed by atoms with E-state index in [1.165, 1.54) is 6.07 Å². The van der Waals surface area contributed by atoms with Crippen molar-refractivity contribution in [2.75, 3.05) is 31.3 Å². The predicted octanol–water partition coefficient (Wildman–Crippen LogP) is 1.10. The first-order chi connectivity index (χ1) is 8.65. The van der Waals surface area contributed by atoms with Gasteiger partial charge >= 0.3 is 0 Å². The number of morpholine rings is 1. The Morgan fingerprint density at radius 2 is 2.39 bits per heavy atom. The zero-order valence-electron chi connectivity index (χ0n) is 10.2. The van der Waals surface area contributed by atoms with Crippen molar-refractivity contribution in [2.45, 2.75) is 13.0 Å². The highest BCUT2D eigenvalue weighted by Gasteiger charge is 2.29. The van der Waals surface area contributed by atoms with Crippen LogP contribution in [0.15, 0.2) is 18.2 Å². The molecule has 0 radical (unpaired) electrons. The fourth-order valence-corrected chi connectivity index (χ4v) is 2.26. The minimum atomic E-state index is -0.383. The highest BCUT2D eigenvalue weighted by molar-refractivity contribution is 5.68. The van der Waals surface area contributed by atoms with Crippen LogP contribution in [0.5, 0.6) is 0 Å². The Morgan fingerprint density at radius 3 is 3.06 bits per heavy atom. The summed E-state index contributed by atoms with van der Waals surface area (Å²) in [5, 5.41) is 20.4. The molecule has 0 spiro atoms. The second-order valence-corrected chi connectivity index (χ2v) is 4.30. The minimum Gasteiger partial charge on any atom is -0.394 e. The van der Waals surface area contributed by atoms with Gasteiger partial charge in [0.05, 0.1) is 30.8 Å². The lowest BCUT2D eigenvalue weighted by molar-refractivity contribution is -0.384. The molecule has 1 aliphatic heterocycles. The maximum atomic E-state index is 11.1. The van der Waals surface area contributed by atoms with E-state index in [1.807, 2.05) is 17.9 Å². The van der Waals surface area contributed by atoms with E-state index in [9.17, 15) is 15.2 Å². The van der Waals surface area contributed by atoms with E-state index in [0.717, 1.165) is 5.56 Å². The Balaban J connectivity index is 2.44. The molecule has 1 atom stereocenters. The highest BCUT2D eigenvalue weighted by atomic mass is 16.6. The van der Waals surface area contributed by atoms with E-state index >= 15 is 0 Å². The van der Waals surface area contributed by atoms with Crippen LogP contribution < -0.4 is 4.90 Å². The molecule has 1 aliphatic rings. The molecule has 1 aromatic carbocycles. The molecule has 0 aliphatic carbocycles. The lowest BCUT2D eigenvalue weighted by atomic mass is 10.1. The van der Waals surface area contributed by atoms with Gasteiger partial charge in [0.2, 0.25) is 0 Å². The van der Waals surface area contributed by atoms with Crippen molar-refractivity contribution >= 4 is 11.4 Å². The molecule has 0 saturated carbocycles. The lowest BCUT2D eigenvalue weighted by Crippen LogP contribution is -2.48. The summed E-state index contributed by atoms with van der Waals surface area (Å²) in [7, 11) is 0. The van der Waals surface area contributed by atoms with Crippen molar-refractivity contribution in [3.05, 3.63) is 33.9 Å². The molecule has 1 fully saturated rings. The predicted molar refractivity (Wildman–Crippen MR) is 66.9 cm³/mol. The number of hydrogen-bond donors (Lipinski definition) is 1. The van der Waals surface area contributed by atoms with Gasteiger partial charge in [-0.05, 0) is 12.5 Å². The van der Waals surface area contributed by atoms with Crippen LogP contribution in [-0.4, -0.2) is 42.4 Å². The van der Waals surface area contributed by atoms with Gasteiger partial charge < -0.3 is 14.7 Å². The molecule has 1 unspecified atom stereocenters. The molecule has 0 amide bonds. The monoisotopic (exact) mass is 252 g/mol. The van der Waals surface area contributed by atoms with E-state index in [0.29, 0.717) is 25.4 Å². The van der Waals surface area contributed by atoms with Crippen molar-refractivity contribution in [3.8, 4) is 0 Å². The van der Waals surface area contributed by atoms with E-state index in [4.69, 9.17) is 4.74 Å². The second-order valence-electron chi connectivity index (χ2n) is 4.30. The Kier molecular flexibility index (Phi) is 3.78. The maximum absolute atomic E-state index is 11.1. The number of nitro benzene ring substituents is 1. The summed E-state index contributed by atoms with van der Waals surface area (Å²) >= 11 is 0. The maximum Gasteiger partial charge on any atom is 0.292 e. The molecule has 18 heavy (non-hydrogen) atoms. The fraction of sp³-hybridized carbons (Fsp3) is 0.500. The summed E-state index contributed by atoms with van der Waals surface area (Å²) in [4.78, 5) is 12.6. The second kappa shape index (κ2) is 5.32. The summed E-state index contributed by atoms with van der Waals surface area (Å²) in [6.45, 7) is 3.22. The highest BCUT2D eigenvalue weighted by Crippen LogP contribution is 2.33. The quantitative estimate of drug-likeness (QED) is 0.644. The van der Waals surface area contributed by atoms with Gasteiger partial charge in [0.25, 0.3) is 5.69 Å². The van der Waals surface area contributed by atoms with Gasteiger partial charge in [-0.3, -0.25) is 10.1 Å². The topological polar surface area (TPSA) is 75.8 Å². The Labute approximate surface area is 105 Å². The first-order valence-corrected chi connectivity index (χ1v) is 5.84. The number of hydrogen-bond acceptors (Lipinski definition) is 5. The number of aryl methyl sites for hydroxylation is 1. The molecule has 6 nitrogen and oxygen atoms in total. The number of aliphatic hydroxyl groups excluding tert-OH is 1. The first-order valence-electron chi connectivity index (χ1n) is 5.84. The molecular weight excluding hydrogens is 236 g/mol. The van der Waals surface area contributed by atoms with Crippen LogP contribution in [0.4, 0.5) is 11.4 Å². The molecule has 2 rings (SSSR count). The molecule has 98 valence electrons. The molecule has 0 aromatic heterocycles. The summed E-state index contributed by atoms with van der Waals surface area (Å²) in [5.74, 6) is 0. The number of aliphatic hydroxyl groups is 1. The largest absolute Gasteiger partial charge is 0.394 e. The van der Waals surface area contributed by atoms with Gasteiger partial charge in [-0.2, -0.15) is 0 Å². The standard InChI is InChI=1S/C12H16N2O4/c1-9-3-2-4-11(14(16)17)12(9)13-5-6-18-8-10(13)7-15/h2-4,10,15H,5-8H2,1H3. The number of nitro groups is 1. The van der Waals surface area contributed by atoms with Crippen LogP contribution >= 0.6 is 0 Å². The van der Waals surface area contributed by atoms with Gasteiger partial charge in [0.1, 0.15) is 5.69 Å². The zero-order chi connectivity index (χ0) is 13.1. The zero-order valence-corrected chi connectivity index (χ0v) is 10.2. The van der Waals surface area contributed by atoms with Crippen LogP contribution in [0.1, 0.15) is 5.56 Å². The van der Waals surface area contributed by atoms with Crippen molar-refractivity contribution < 1.29 is 14.8 Å². The number of benzene rings is 1. The number of anilines is 1. The SMILES string of the molecule is Cc1cccc([N+](=O)[O-])c1N1CCOCC1CO. The van der Waals surface area contributed by atoms with Gasteiger partial charge in [-0.1, -0.05) is 12.1 Å². The third kappa shape index (κ3) is 2.30. The van der Waals surface area contributed by atoms with Crippen molar-refractivity contribution in [2.24, 2.45) is 0 Å². The van der Waals surface area contributed by atoms with E-state index < -0.39 is 0 Å². The third-order valence-corrected chi connectivity index (χ3v) is 3.14. The normalized spacial score (nSPS) is 19.9. The van der Waals surface area contributed by atoms with Crippen LogP contribution in [0.25, 0.3) is 0 Å². The smallest absolute Gasteiger partial charge is 0.292 e. The average Bonchev–Trinajstić information content (AvgIpc) is 2.38. The summed E-state index contributed by atoms with van der Waals surface area (Å²) < 4.78 is 5.29. The Bertz CT molecular complexity index is 450. The number of ether oxygens (including phenoxy) is 1. The van der Waals surface area contributed by atoms with E-state index in [-0.39, 0.29) is 23.3 Å². The molecule has 1 saturated heterocycles. The van der Waals surface area contributed by atoms with Gasteiger partial charge in [0, 0.05) is 12.6 Å². The van der Waals surface area contributed by atoms with Crippen LogP contribution in [-0.2, 0) is 4.74 Å². The van der Waals surface area contributed by atoms with Crippen molar-refractivity contribution in [3.63, 3.8) is 0 Å². The molecule has 0 bridgehead atoms. The fourth-order valence-electron chi connectivity index (χ4n) is 2.26. The van der Waals surface area contributed by atoms with Crippen molar-refractivity contribution in [1.29, 1.82) is 0 Å². The molecular formula is C12H16N2O4. The number of rotatable bonds is 3. The Hall–Kier alpha value is -1.66. The Morgan fingerprint density at radius 1 is 1.61 bits per heavy atom. The summed E-state index contributed by atoms with van der Waals surface area (Å²) in [6, 6.07) is 4.78. The van der Waals surface area contributed by atoms with Crippen molar-refractivity contribution in [1.82, 2.24) is 0 Å². The lowest BCUT2D eigenvalue weighted by Gasteiger charge is -2.36. The first kappa shape index (κ1) is 12.8. The molecule has 1 heterocycles. The minimum absolute atomic E-state index is 0.0779. The summed E-state index contributed by atoms with van der Waals surface area (Å²) in [5.41, 5.74) is 1.50. The van der Waals surface area contributed by atoms with Crippen LogP contribution in [0, 0.1) is 17.0 Å². The summed E-state index contributed by atoms with van der Waals surface area (Å²) in [6.07, 6.45) is 0. The van der Waals surface area contributed by atoms with E-state index in [1.54, 1.807) is 6.07 Å². The van der Waals surface area contributed by atoms with Gasteiger partial charge in [-0.25, -0.2) is 0 Å². The van der Waals surface area contributed by atoms with Gasteiger partial charge in [-0.15, -0.1) is 0 Å². The number of para-hydroxylation sites is 1. The molecule has 6 heteroatoms. The molecule has 1 aromatic rings. The number of nitrogens with zero attached hydrogens (tertiary/aromatic N) is 2. The average molecular weight is 252 g/mol. The van der Waals surface area contributed by atoms with E-state index in [2.05, 4.69) is 0 Å². The van der Waals surface area contributed by atoms with Gasteiger partial charge in [0.15, 0.2) is 0 Å². The molecule has 1 N–H and O–H groups in total. The third-order valence-electron chi connectivity index (χ3n) is 3.14.